The molecular formula is C6H13N2O7P. The first-order chi connectivity index (χ1) is 7.22. The highest BCUT2D eigenvalue weighted by atomic mass is 31.2. The number of aliphatic hydroxyl groups excluding tert-OH is 2. The number of phosphoric ester groups is 1. The highest BCUT2D eigenvalue weighted by Gasteiger charge is 2.41. The largest absolute Gasteiger partial charge is 0.469 e. The summed E-state index contributed by atoms with van der Waals surface area (Å²) in [6.45, 7) is -0.624. The van der Waals surface area contributed by atoms with E-state index in [2.05, 4.69) is 9.84 Å². The van der Waals surface area contributed by atoms with Gasteiger partial charge in [-0.3, -0.25) is 9.32 Å². The molecule has 0 aliphatic carbocycles. The van der Waals surface area contributed by atoms with Gasteiger partial charge in [0.2, 0.25) is 5.91 Å². The number of rotatable bonds is 3. The van der Waals surface area contributed by atoms with Crippen LogP contribution in [0, 0.1) is 0 Å². The number of piperidine rings is 1. The molecule has 0 radical (unpaired) electrons. The number of hydrogen-bond donors (Lipinski definition) is 6. The second kappa shape index (κ2) is 4.76. The predicted octanol–water partition coefficient (Wildman–Crippen LogP) is -3.36. The van der Waals surface area contributed by atoms with Crippen LogP contribution in [-0.2, 0) is 13.9 Å². The van der Waals surface area contributed by atoms with Crippen LogP contribution in [0.25, 0.3) is 0 Å². The maximum atomic E-state index is 11.1. The third-order valence-corrected chi connectivity index (χ3v) is 2.67. The van der Waals surface area contributed by atoms with Crippen molar-refractivity contribution >= 4 is 13.7 Å². The van der Waals surface area contributed by atoms with E-state index in [9.17, 15) is 19.6 Å². The van der Waals surface area contributed by atoms with E-state index in [0.29, 0.717) is 0 Å². The molecule has 1 aliphatic rings. The SMILES string of the molecule is NC1C(=O)NC(COP(=O)(O)O)C(O)C1O. The minimum atomic E-state index is -4.69. The zero-order valence-electron chi connectivity index (χ0n) is 8.05. The molecule has 0 aromatic carbocycles. The van der Waals surface area contributed by atoms with Crippen LogP contribution in [0.3, 0.4) is 0 Å². The summed E-state index contributed by atoms with van der Waals surface area (Å²) >= 11 is 0. The molecule has 1 fully saturated rings. The van der Waals surface area contributed by atoms with Crippen molar-refractivity contribution in [1.29, 1.82) is 0 Å². The van der Waals surface area contributed by atoms with Gasteiger partial charge >= 0.3 is 7.82 Å². The molecule has 4 atom stereocenters. The summed E-state index contributed by atoms with van der Waals surface area (Å²) in [5, 5.41) is 21.0. The molecular weight excluding hydrogens is 243 g/mol. The molecule has 94 valence electrons. The van der Waals surface area contributed by atoms with E-state index in [1.165, 1.54) is 0 Å². The molecule has 1 saturated heterocycles. The Kier molecular flexibility index (Phi) is 4.02. The van der Waals surface area contributed by atoms with E-state index in [0.717, 1.165) is 0 Å². The van der Waals surface area contributed by atoms with Crippen molar-refractivity contribution in [2.75, 3.05) is 6.61 Å². The lowest BCUT2D eigenvalue weighted by Gasteiger charge is -2.35. The summed E-state index contributed by atoms with van der Waals surface area (Å²) in [5.41, 5.74) is 5.24. The molecule has 0 bridgehead atoms. The number of aliphatic hydroxyl groups is 2. The lowest BCUT2D eigenvalue weighted by atomic mass is 9.95. The van der Waals surface area contributed by atoms with E-state index >= 15 is 0 Å². The first-order valence-corrected chi connectivity index (χ1v) is 5.87. The van der Waals surface area contributed by atoms with Gasteiger partial charge in [0.25, 0.3) is 0 Å². The van der Waals surface area contributed by atoms with Gasteiger partial charge in [-0.15, -0.1) is 0 Å². The molecule has 4 unspecified atom stereocenters. The highest BCUT2D eigenvalue weighted by Crippen LogP contribution is 2.36. The Morgan fingerprint density at radius 3 is 2.44 bits per heavy atom. The van der Waals surface area contributed by atoms with Crippen molar-refractivity contribution in [2.45, 2.75) is 24.3 Å². The molecule has 1 heterocycles. The summed E-state index contributed by atoms with van der Waals surface area (Å²) in [5.74, 6) is -0.725. The number of carbonyl (C=O) groups is 1. The second-order valence-electron chi connectivity index (χ2n) is 3.41. The number of amides is 1. The lowest BCUT2D eigenvalue weighted by Crippen LogP contribution is -2.66. The Morgan fingerprint density at radius 2 is 1.94 bits per heavy atom. The predicted molar refractivity (Wildman–Crippen MR) is 49.9 cm³/mol. The van der Waals surface area contributed by atoms with Crippen molar-refractivity contribution in [1.82, 2.24) is 5.32 Å². The average molecular weight is 256 g/mol. The number of hydrogen-bond acceptors (Lipinski definition) is 6. The standard InChI is InChI=1S/C6H13N2O7P/c7-3-5(10)4(9)2(8-6(3)11)1-15-16(12,13)14/h2-5,9-10H,1,7H2,(H,8,11)(H2,12,13,14). The van der Waals surface area contributed by atoms with Gasteiger partial charge in [0.1, 0.15) is 18.2 Å². The topological polar surface area (TPSA) is 162 Å². The number of nitrogens with two attached hydrogens (primary N) is 1. The Labute approximate surface area is 90.4 Å². The first-order valence-electron chi connectivity index (χ1n) is 4.34. The molecule has 0 aromatic heterocycles. The first kappa shape index (κ1) is 13.5. The van der Waals surface area contributed by atoms with Crippen LogP contribution in [0.4, 0.5) is 0 Å². The number of nitrogens with one attached hydrogen (secondary N) is 1. The van der Waals surface area contributed by atoms with Crippen LogP contribution in [-0.4, -0.2) is 56.8 Å². The van der Waals surface area contributed by atoms with Crippen LogP contribution in [0.2, 0.25) is 0 Å². The van der Waals surface area contributed by atoms with Crippen LogP contribution in [0.5, 0.6) is 0 Å². The van der Waals surface area contributed by atoms with Gasteiger partial charge in [-0.05, 0) is 0 Å². The van der Waals surface area contributed by atoms with Gasteiger partial charge in [0.15, 0.2) is 0 Å². The number of phosphoric acid groups is 1. The molecule has 9 nitrogen and oxygen atoms in total. The Balaban J connectivity index is 2.61. The maximum absolute atomic E-state index is 11.1. The molecule has 0 aromatic rings. The average Bonchev–Trinajstić information content (AvgIpc) is 2.17. The molecule has 1 rings (SSSR count). The summed E-state index contributed by atoms with van der Waals surface area (Å²) in [6.07, 6.45) is -2.95. The minimum absolute atomic E-state index is 0.624. The Bertz CT molecular complexity index is 318. The third-order valence-electron chi connectivity index (χ3n) is 2.18. The third kappa shape index (κ3) is 3.22. The molecule has 0 saturated carbocycles. The van der Waals surface area contributed by atoms with Crippen LogP contribution < -0.4 is 11.1 Å². The smallest absolute Gasteiger partial charge is 0.388 e. The van der Waals surface area contributed by atoms with Crippen LogP contribution >= 0.6 is 7.82 Å². The summed E-state index contributed by atoms with van der Waals surface area (Å²) in [7, 11) is -4.69. The molecule has 0 spiro atoms. The van der Waals surface area contributed by atoms with Crippen molar-refractivity contribution in [2.24, 2.45) is 5.73 Å². The van der Waals surface area contributed by atoms with Gasteiger partial charge < -0.3 is 31.1 Å². The van der Waals surface area contributed by atoms with Crippen LogP contribution in [0.1, 0.15) is 0 Å². The van der Waals surface area contributed by atoms with E-state index in [-0.39, 0.29) is 0 Å². The molecule has 1 aliphatic heterocycles. The number of carbonyl (C=O) groups excluding carboxylic acids is 1. The van der Waals surface area contributed by atoms with E-state index in [1.54, 1.807) is 0 Å². The Hall–Kier alpha value is -0.540. The summed E-state index contributed by atoms with van der Waals surface area (Å²) in [4.78, 5) is 28.0. The fourth-order valence-corrected chi connectivity index (χ4v) is 1.64. The Morgan fingerprint density at radius 1 is 1.38 bits per heavy atom. The van der Waals surface area contributed by atoms with Crippen LogP contribution in [0.15, 0.2) is 0 Å². The fraction of sp³-hybridized carbons (Fsp3) is 0.833. The molecule has 1 amide bonds. The van der Waals surface area contributed by atoms with Gasteiger partial charge in [0.05, 0.1) is 12.6 Å². The van der Waals surface area contributed by atoms with E-state index in [1.807, 2.05) is 0 Å². The van der Waals surface area contributed by atoms with Crippen molar-refractivity contribution < 1.29 is 33.9 Å². The van der Waals surface area contributed by atoms with Gasteiger partial charge in [0, 0.05) is 0 Å². The highest BCUT2D eigenvalue weighted by molar-refractivity contribution is 7.46. The maximum Gasteiger partial charge on any atom is 0.469 e. The molecule has 10 heteroatoms. The zero-order chi connectivity index (χ0) is 12.5. The van der Waals surface area contributed by atoms with Gasteiger partial charge in [-0.1, -0.05) is 0 Å². The van der Waals surface area contributed by atoms with Gasteiger partial charge in [-0.2, -0.15) is 0 Å². The fourth-order valence-electron chi connectivity index (χ4n) is 1.29. The lowest BCUT2D eigenvalue weighted by molar-refractivity contribution is -0.137. The van der Waals surface area contributed by atoms with Crippen molar-refractivity contribution in [3.63, 3.8) is 0 Å². The minimum Gasteiger partial charge on any atom is -0.388 e. The zero-order valence-corrected chi connectivity index (χ0v) is 8.95. The normalized spacial score (nSPS) is 35.9. The molecule has 16 heavy (non-hydrogen) atoms. The van der Waals surface area contributed by atoms with Crippen molar-refractivity contribution in [3.05, 3.63) is 0 Å². The van der Waals surface area contributed by atoms with E-state index < -0.39 is 44.6 Å². The van der Waals surface area contributed by atoms with Crippen molar-refractivity contribution in [3.8, 4) is 0 Å². The second-order valence-corrected chi connectivity index (χ2v) is 4.65. The summed E-state index contributed by atoms with van der Waals surface area (Å²) in [6, 6.07) is -2.39. The van der Waals surface area contributed by atoms with E-state index in [4.69, 9.17) is 15.5 Å². The molecule has 7 N–H and O–H groups in total. The quantitative estimate of drug-likeness (QED) is 0.285. The monoisotopic (exact) mass is 256 g/mol. The summed E-state index contributed by atoms with van der Waals surface area (Å²) < 4.78 is 14.5. The van der Waals surface area contributed by atoms with Gasteiger partial charge in [-0.25, -0.2) is 4.57 Å².